The number of nitrogen functional groups attached to an aromatic ring is 2. The zero-order chi connectivity index (χ0) is 31.0. The van der Waals surface area contributed by atoms with Crippen LogP contribution in [-0.2, 0) is 36.7 Å². The molecule has 24 heteroatoms. The minimum atomic E-state index is -5.13. The van der Waals surface area contributed by atoms with Crippen LogP contribution in [0.1, 0.15) is 12.5 Å². The van der Waals surface area contributed by atoms with E-state index in [9.17, 15) is 14.0 Å². The number of nitrogens with two attached hydrogens (primary N) is 2. The topological polar surface area (TPSA) is 249 Å². The van der Waals surface area contributed by atoms with Crippen molar-refractivity contribution >= 4 is 56.8 Å². The van der Waals surface area contributed by atoms with Gasteiger partial charge in [0.25, 0.3) is 7.47 Å². The highest BCUT2D eigenvalue weighted by molar-refractivity contribution is 7.79. The maximum absolute atomic E-state index is 15.9. The SMILES string of the molecule is [B][P@]1(=O)OC[C@H]2O[C@@H](n3cnc4c(N)ncnc43)[C@H](F)[C@@H]2OP(=O)(O)OC[C@H]2O[C@@H](n3cnc4c(N)ncnc43)[C@H](O1)[C@@H]2F. The molecule has 10 atom stereocenters. The van der Waals surface area contributed by atoms with Crippen LogP contribution in [0.4, 0.5) is 20.4 Å². The molecular weight excluding hydrogens is 635 g/mol. The average molecular weight is 656 g/mol. The maximum Gasteiger partial charge on any atom is 0.472 e. The third-order valence-corrected chi connectivity index (χ3v) is 9.23. The van der Waals surface area contributed by atoms with Gasteiger partial charge in [-0.2, -0.15) is 0 Å². The molecule has 3 saturated heterocycles. The maximum atomic E-state index is 15.9. The van der Waals surface area contributed by atoms with Gasteiger partial charge in [0.05, 0.1) is 25.9 Å². The summed E-state index contributed by atoms with van der Waals surface area (Å²) in [5.74, 6) is 0.0316. The summed E-state index contributed by atoms with van der Waals surface area (Å²) in [6, 6.07) is 0. The lowest BCUT2D eigenvalue weighted by Crippen LogP contribution is -2.34. The second-order valence-electron chi connectivity index (χ2n) is 9.92. The van der Waals surface area contributed by atoms with E-state index in [1.54, 1.807) is 0 Å². The van der Waals surface area contributed by atoms with Gasteiger partial charge < -0.3 is 34.9 Å². The van der Waals surface area contributed by atoms with Crippen LogP contribution in [0.5, 0.6) is 0 Å². The van der Waals surface area contributed by atoms with Gasteiger partial charge >= 0.3 is 7.82 Å². The number of phosphoric ester groups is 1. The highest BCUT2D eigenvalue weighted by atomic mass is 31.2. The number of hydrogen-bond acceptors (Lipinski definition) is 16. The molecule has 3 fully saturated rings. The minimum Gasteiger partial charge on any atom is -0.382 e. The Labute approximate surface area is 245 Å². The van der Waals surface area contributed by atoms with E-state index in [4.69, 9.17) is 46.6 Å². The number of aromatic nitrogens is 8. The van der Waals surface area contributed by atoms with Crippen LogP contribution in [-0.4, -0.2) is 101 Å². The van der Waals surface area contributed by atoms with Gasteiger partial charge in [-0.25, -0.2) is 43.2 Å². The van der Waals surface area contributed by atoms with Crippen LogP contribution in [0.2, 0.25) is 0 Å². The number of anilines is 2. The third kappa shape index (κ3) is 5.05. The largest absolute Gasteiger partial charge is 0.472 e. The molecule has 0 spiro atoms. The number of alkyl halides is 2. The highest BCUT2D eigenvalue weighted by Gasteiger charge is 2.54. The number of hydrogen-bond donors (Lipinski definition) is 3. The van der Waals surface area contributed by atoms with Gasteiger partial charge in [0.15, 0.2) is 47.7 Å². The van der Waals surface area contributed by atoms with E-state index in [0.29, 0.717) is 0 Å². The third-order valence-electron chi connectivity index (χ3n) is 7.20. The lowest BCUT2D eigenvalue weighted by Gasteiger charge is -2.27. The van der Waals surface area contributed by atoms with Gasteiger partial charge in [-0.05, 0) is 0 Å². The zero-order valence-corrected chi connectivity index (χ0v) is 23.8. The van der Waals surface area contributed by atoms with Crippen molar-refractivity contribution in [2.24, 2.45) is 0 Å². The Balaban J connectivity index is 1.20. The van der Waals surface area contributed by atoms with Crippen LogP contribution in [0.25, 0.3) is 22.3 Å². The van der Waals surface area contributed by atoms with E-state index < -0.39 is 77.7 Å². The zero-order valence-electron chi connectivity index (χ0n) is 22.0. The van der Waals surface area contributed by atoms with Crippen molar-refractivity contribution in [1.82, 2.24) is 39.0 Å². The molecule has 2 radical (unpaired) electrons. The summed E-state index contributed by atoms with van der Waals surface area (Å²) in [7, 11) is -3.96. The minimum absolute atomic E-state index is 0.0136. The molecule has 4 aromatic heterocycles. The molecule has 1 unspecified atom stereocenters. The average Bonchev–Trinajstić information content (AvgIpc) is 3.73. The van der Waals surface area contributed by atoms with Gasteiger partial charge in [0.1, 0.15) is 48.1 Å². The molecule has 2 bridgehead atoms. The van der Waals surface area contributed by atoms with Gasteiger partial charge in [0, 0.05) is 0 Å². The standard InChI is InChI=1S/C20H21BF2N10O9P2/c21-43(34)37-2-8-13(10(23)19(40-8)32-5-30-11-15(24)26-3-28-17(11)32)42-44(35,36)38-1-7-9(22)14(41-43)20(39-7)33-6-31-12-16(25)27-4-29-18(12)33/h3-10,13-14,19-20H,1-2H2,(H,35,36)(H2,24,26,28)(H2,25,27,29)/t7-,8-,9-,10-,13-,14-,19-,20-,43+/m1/s1. The van der Waals surface area contributed by atoms with Gasteiger partial charge in [0.2, 0.25) is 7.57 Å². The second-order valence-corrected chi connectivity index (χ2v) is 12.9. The summed E-state index contributed by atoms with van der Waals surface area (Å²) in [5.41, 5.74) is 12.1. The van der Waals surface area contributed by atoms with Crippen LogP contribution < -0.4 is 11.5 Å². The lowest BCUT2D eigenvalue weighted by atomic mass is 10.1. The van der Waals surface area contributed by atoms with Crippen LogP contribution in [0, 0.1) is 0 Å². The normalized spacial score (nSPS) is 38.2. The van der Waals surface area contributed by atoms with E-state index >= 15 is 8.78 Å². The van der Waals surface area contributed by atoms with Crippen molar-refractivity contribution in [3.63, 3.8) is 0 Å². The fourth-order valence-electron chi connectivity index (χ4n) is 5.19. The predicted octanol–water partition coefficient (Wildman–Crippen LogP) is 0.496. The second kappa shape index (κ2) is 10.7. The quantitative estimate of drug-likeness (QED) is 0.196. The monoisotopic (exact) mass is 656 g/mol. The molecule has 7 rings (SSSR count). The molecule has 19 nitrogen and oxygen atoms in total. The van der Waals surface area contributed by atoms with Gasteiger partial charge in [-0.3, -0.25) is 22.7 Å². The summed E-state index contributed by atoms with van der Waals surface area (Å²) in [4.78, 5) is 34.4. The number of phosphoric acid groups is 1. The first kappa shape index (κ1) is 29.5. The Morgan fingerprint density at radius 2 is 1.36 bits per heavy atom. The van der Waals surface area contributed by atoms with E-state index in [1.165, 1.54) is 17.2 Å². The van der Waals surface area contributed by atoms with Gasteiger partial charge in [-0.1, -0.05) is 0 Å². The molecular formula is C20H21BF2N10O9P2. The Kier molecular flexibility index (Phi) is 7.18. The molecule has 4 aromatic rings. The molecule has 3 aliphatic heterocycles. The Morgan fingerprint density at radius 3 is 2.00 bits per heavy atom. The summed E-state index contributed by atoms with van der Waals surface area (Å²) < 4.78 is 92.6. The first-order valence-electron chi connectivity index (χ1n) is 12.7. The predicted molar refractivity (Wildman–Crippen MR) is 142 cm³/mol. The number of ether oxygens (including phenoxy) is 2. The van der Waals surface area contributed by atoms with E-state index in [2.05, 4.69) is 29.9 Å². The molecule has 0 aromatic carbocycles. The highest BCUT2D eigenvalue weighted by Crippen LogP contribution is 2.54. The smallest absolute Gasteiger partial charge is 0.382 e. The van der Waals surface area contributed by atoms with Gasteiger partial charge in [-0.15, -0.1) is 0 Å². The van der Waals surface area contributed by atoms with Crippen LogP contribution >= 0.6 is 15.3 Å². The molecule has 0 amide bonds. The van der Waals surface area contributed by atoms with Crippen molar-refractivity contribution in [3.05, 3.63) is 25.3 Å². The number of fused-ring (bicyclic) bond motifs is 5. The van der Waals surface area contributed by atoms with E-state index in [-0.39, 0.29) is 34.0 Å². The van der Waals surface area contributed by atoms with E-state index in [0.717, 1.165) is 17.2 Å². The summed E-state index contributed by atoms with van der Waals surface area (Å²) >= 11 is 0. The van der Waals surface area contributed by atoms with Crippen LogP contribution in [0.3, 0.4) is 0 Å². The fraction of sp³-hybridized carbons (Fsp3) is 0.500. The Bertz CT molecular complexity index is 1840. The molecule has 5 N–H and O–H groups in total. The number of nitrogens with zero attached hydrogens (tertiary/aromatic N) is 8. The first-order chi connectivity index (χ1) is 20.9. The fourth-order valence-corrected chi connectivity index (χ4v) is 7.12. The molecule has 0 saturated carbocycles. The van der Waals surface area contributed by atoms with Crippen molar-refractivity contribution in [3.8, 4) is 0 Å². The van der Waals surface area contributed by atoms with Crippen molar-refractivity contribution < 1.29 is 50.4 Å². The van der Waals surface area contributed by atoms with Crippen molar-refractivity contribution in [2.45, 2.75) is 49.2 Å². The molecule has 44 heavy (non-hydrogen) atoms. The lowest BCUT2D eigenvalue weighted by molar-refractivity contribution is -0.0613. The molecule has 0 aliphatic carbocycles. The Morgan fingerprint density at radius 1 is 0.795 bits per heavy atom. The number of imidazole rings is 2. The summed E-state index contributed by atoms with van der Waals surface area (Å²) in [6.45, 7) is -1.68. The molecule has 232 valence electrons. The first-order valence-corrected chi connectivity index (χ1v) is 15.9. The summed E-state index contributed by atoms with van der Waals surface area (Å²) in [6.07, 6.45) is -9.34. The Hall–Kier alpha value is -3.20. The summed E-state index contributed by atoms with van der Waals surface area (Å²) in [5, 5.41) is 0. The molecule has 3 aliphatic rings. The van der Waals surface area contributed by atoms with Crippen molar-refractivity contribution in [2.75, 3.05) is 24.7 Å². The van der Waals surface area contributed by atoms with E-state index in [1.807, 2.05) is 0 Å². The molecule has 7 heterocycles. The number of rotatable bonds is 2. The van der Waals surface area contributed by atoms with Crippen molar-refractivity contribution in [1.29, 1.82) is 0 Å². The number of halogens is 2. The van der Waals surface area contributed by atoms with Crippen LogP contribution in [0.15, 0.2) is 25.3 Å².